The number of aliphatic hydroxyl groups excluding tert-OH is 1. The van der Waals surface area contributed by atoms with Gasteiger partial charge in [0.05, 0.1) is 16.4 Å². The van der Waals surface area contributed by atoms with E-state index in [-0.39, 0.29) is 9.88 Å². The number of carbonyl (C=O) groups is 2. The zero-order valence-corrected chi connectivity index (χ0v) is 9.14. The van der Waals surface area contributed by atoms with Crippen LogP contribution in [0.1, 0.15) is 9.67 Å². The molecule has 0 aliphatic carbocycles. The monoisotopic (exact) mass is 260 g/mol. The number of carboxylic acids is 1. The molecule has 1 heterocycles. The number of aliphatic carboxylic acids is 1. The van der Waals surface area contributed by atoms with Gasteiger partial charge >= 0.3 is 11.0 Å². The lowest BCUT2D eigenvalue weighted by Crippen LogP contribution is -2.43. The highest BCUT2D eigenvalue weighted by atomic mass is 32.1. The number of hydrogen-bond acceptors (Lipinski definition) is 6. The number of nitrogens with zero attached hydrogens (tertiary/aromatic N) is 1. The summed E-state index contributed by atoms with van der Waals surface area (Å²) < 4.78 is 0. The van der Waals surface area contributed by atoms with E-state index in [1.807, 2.05) is 5.32 Å². The number of amides is 1. The molecular weight excluding hydrogens is 252 g/mol. The van der Waals surface area contributed by atoms with Gasteiger partial charge in [0.2, 0.25) is 0 Å². The standard InChI is InChI=1S/C8H8N2O6S/c11-3-4(8(13)14)9-7(12)5-1-2-6(17-5)10(15)16/h1-2,4,11H,3H2,(H,9,12)(H,13,14). The van der Waals surface area contributed by atoms with Crippen molar-refractivity contribution >= 4 is 28.2 Å². The number of nitro groups is 1. The van der Waals surface area contributed by atoms with Gasteiger partial charge in [-0.2, -0.15) is 0 Å². The zero-order chi connectivity index (χ0) is 13.0. The highest BCUT2D eigenvalue weighted by Crippen LogP contribution is 2.23. The number of nitrogens with one attached hydrogen (secondary N) is 1. The van der Waals surface area contributed by atoms with Crippen LogP contribution in [0, 0.1) is 10.1 Å². The molecule has 0 fully saturated rings. The Labute approximate surface area is 98.6 Å². The SMILES string of the molecule is O=C(NC(CO)C(=O)O)c1ccc([N+](=O)[O-])s1. The van der Waals surface area contributed by atoms with Gasteiger partial charge in [0, 0.05) is 6.07 Å². The number of hydrogen-bond donors (Lipinski definition) is 3. The Morgan fingerprint density at radius 3 is 2.59 bits per heavy atom. The van der Waals surface area contributed by atoms with Crippen LogP contribution in [0.15, 0.2) is 12.1 Å². The summed E-state index contributed by atoms with van der Waals surface area (Å²) in [6.07, 6.45) is 0. The molecule has 0 aliphatic heterocycles. The number of rotatable bonds is 5. The first-order chi connectivity index (χ1) is 7.95. The van der Waals surface area contributed by atoms with Crippen LogP contribution in [0.25, 0.3) is 0 Å². The van der Waals surface area contributed by atoms with Crippen molar-refractivity contribution in [2.75, 3.05) is 6.61 Å². The van der Waals surface area contributed by atoms with Crippen LogP contribution in [-0.4, -0.2) is 39.7 Å². The normalized spacial score (nSPS) is 11.8. The predicted octanol–water partition coefficient (Wildman–Crippen LogP) is -0.168. The van der Waals surface area contributed by atoms with Crippen LogP contribution in [-0.2, 0) is 4.79 Å². The minimum Gasteiger partial charge on any atom is -0.480 e. The predicted molar refractivity (Wildman–Crippen MR) is 56.9 cm³/mol. The highest BCUT2D eigenvalue weighted by molar-refractivity contribution is 7.17. The first-order valence-electron chi connectivity index (χ1n) is 4.34. The number of thiophene rings is 1. The molecule has 0 aromatic carbocycles. The molecular formula is C8H8N2O6S. The van der Waals surface area contributed by atoms with Crippen LogP contribution in [0.5, 0.6) is 0 Å². The van der Waals surface area contributed by atoms with Crippen molar-refractivity contribution in [3.05, 3.63) is 27.1 Å². The molecule has 1 aromatic heterocycles. The van der Waals surface area contributed by atoms with Gasteiger partial charge in [0.25, 0.3) is 5.91 Å². The van der Waals surface area contributed by atoms with E-state index in [1.54, 1.807) is 0 Å². The minimum atomic E-state index is -1.43. The highest BCUT2D eigenvalue weighted by Gasteiger charge is 2.22. The van der Waals surface area contributed by atoms with Crippen molar-refractivity contribution in [3.63, 3.8) is 0 Å². The zero-order valence-electron chi connectivity index (χ0n) is 8.32. The topological polar surface area (TPSA) is 130 Å². The van der Waals surface area contributed by atoms with Crippen LogP contribution in [0.3, 0.4) is 0 Å². The Kier molecular flexibility index (Phi) is 4.12. The van der Waals surface area contributed by atoms with Gasteiger partial charge < -0.3 is 15.5 Å². The molecule has 0 saturated carbocycles. The molecule has 17 heavy (non-hydrogen) atoms. The van der Waals surface area contributed by atoms with Crippen molar-refractivity contribution < 1.29 is 24.7 Å². The van der Waals surface area contributed by atoms with Crippen LogP contribution < -0.4 is 5.32 Å². The fourth-order valence-electron chi connectivity index (χ4n) is 0.963. The Hall–Kier alpha value is -2.00. The summed E-state index contributed by atoms with van der Waals surface area (Å²) in [6.45, 7) is -0.755. The maximum absolute atomic E-state index is 11.5. The molecule has 1 rings (SSSR count). The van der Waals surface area contributed by atoms with Crippen molar-refractivity contribution in [3.8, 4) is 0 Å². The third-order valence-corrected chi connectivity index (χ3v) is 2.82. The molecule has 8 nitrogen and oxygen atoms in total. The maximum atomic E-state index is 11.5. The lowest BCUT2D eigenvalue weighted by Gasteiger charge is -2.09. The molecule has 0 spiro atoms. The second kappa shape index (κ2) is 5.37. The summed E-state index contributed by atoms with van der Waals surface area (Å²) in [5, 5.41) is 29.5. The molecule has 0 radical (unpaired) electrons. The number of aliphatic hydroxyl groups is 1. The van der Waals surface area contributed by atoms with Gasteiger partial charge in [0.1, 0.15) is 0 Å². The fourth-order valence-corrected chi connectivity index (χ4v) is 1.69. The quantitative estimate of drug-likeness (QED) is 0.497. The van der Waals surface area contributed by atoms with E-state index in [1.165, 1.54) is 6.07 Å². The molecule has 1 aromatic rings. The average Bonchev–Trinajstić information content (AvgIpc) is 2.74. The summed E-state index contributed by atoms with van der Waals surface area (Å²) in [5.41, 5.74) is 0. The molecule has 0 aliphatic rings. The second-order valence-electron chi connectivity index (χ2n) is 2.94. The third-order valence-electron chi connectivity index (χ3n) is 1.78. The van der Waals surface area contributed by atoms with Crippen molar-refractivity contribution in [1.82, 2.24) is 5.32 Å². The molecule has 0 saturated heterocycles. The first-order valence-corrected chi connectivity index (χ1v) is 5.16. The van der Waals surface area contributed by atoms with Gasteiger partial charge in [-0.25, -0.2) is 4.79 Å². The van der Waals surface area contributed by atoms with E-state index < -0.39 is 29.4 Å². The smallest absolute Gasteiger partial charge is 0.328 e. The number of carboxylic acid groups (broad SMARTS) is 1. The van der Waals surface area contributed by atoms with Crippen molar-refractivity contribution in [2.24, 2.45) is 0 Å². The average molecular weight is 260 g/mol. The van der Waals surface area contributed by atoms with E-state index in [0.717, 1.165) is 6.07 Å². The Morgan fingerprint density at radius 2 is 2.18 bits per heavy atom. The molecule has 3 N–H and O–H groups in total. The van der Waals surface area contributed by atoms with Crippen molar-refractivity contribution in [2.45, 2.75) is 6.04 Å². The van der Waals surface area contributed by atoms with Gasteiger partial charge in [-0.1, -0.05) is 11.3 Å². The maximum Gasteiger partial charge on any atom is 0.328 e. The molecule has 1 amide bonds. The summed E-state index contributed by atoms with van der Waals surface area (Å²) in [5.74, 6) is -2.16. The molecule has 1 atom stereocenters. The van der Waals surface area contributed by atoms with E-state index >= 15 is 0 Å². The largest absolute Gasteiger partial charge is 0.480 e. The van der Waals surface area contributed by atoms with Crippen molar-refractivity contribution in [1.29, 1.82) is 0 Å². The second-order valence-corrected chi connectivity index (χ2v) is 4.00. The van der Waals surface area contributed by atoms with Crippen LogP contribution in [0.2, 0.25) is 0 Å². The van der Waals surface area contributed by atoms with Gasteiger partial charge in [-0.3, -0.25) is 14.9 Å². The van der Waals surface area contributed by atoms with Gasteiger partial charge in [-0.15, -0.1) is 0 Å². The Morgan fingerprint density at radius 1 is 1.53 bits per heavy atom. The third kappa shape index (κ3) is 3.23. The lowest BCUT2D eigenvalue weighted by molar-refractivity contribution is -0.380. The van der Waals surface area contributed by atoms with E-state index in [4.69, 9.17) is 10.2 Å². The van der Waals surface area contributed by atoms with Gasteiger partial charge in [0.15, 0.2) is 6.04 Å². The summed E-state index contributed by atoms with van der Waals surface area (Å²) in [4.78, 5) is 31.7. The van der Waals surface area contributed by atoms with E-state index in [0.29, 0.717) is 11.3 Å². The van der Waals surface area contributed by atoms with Crippen LogP contribution in [0.4, 0.5) is 5.00 Å². The van der Waals surface area contributed by atoms with E-state index in [9.17, 15) is 19.7 Å². The van der Waals surface area contributed by atoms with Gasteiger partial charge in [-0.05, 0) is 6.07 Å². The summed E-state index contributed by atoms with van der Waals surface area (Å²) in [7, 11) is 0. The van der Waals surface area contributed by atoms with E-state index in [2.05, 4.69) is 0 Å². The number of carbonyl (C=O) groups excluding carboxylic acids is 1. The molecule has 9 heteroatoms. The summed E-state index contributed by atoms with van der Waals surface area (Å²) >= 11 is 0.628. The molecule has 92 valence electrons. The minimum absolute atomic E-state index is 0.0106. The Bertz CT molecular complexity index is 457. The molecule has 0 bridgehead atoms. The Balaban J connectivity index is 2.75. The fraction of sp³-hybridized carbons (Fsp3) is 0.250. The first kappa shape index (κ1) is 13.1. The molecule has 1 unspecified atom stereocenters. The van der Waals surface area contributed by atoms with Crippen LogP contribution >= 0.6 is 11.3 Å². The summed E-state index contributed by atoms with van der Waals surface area (Å²) in [6, 6.07) is 0.937. The lowest BCUT2D eigenvalue weighted by atomic mass is 10.3.